The molecule has 2 aromatic rings. The highest BCUT2D eigenvalue weighted by atomic mass is 35.5. The zero-order valence-corrected chi connectivity index (χ0v) is 11.6. The van der Waals surface area contributed by atoms with E-state index in [-0.39, 0.29) is 5.82 Å². The molecule has 0 amide bonds. The van der Waals surface area contributed by atoms with Gasteiger partial charge in [-0.2, -0.15) is 0 Å². The predicted octanol–water partition coefficient (Wildman–Crippen LogP) is 4.87. The molecule has 0 atom stereocenters. The summed E-state index contributed by atoms with van der Waals surface area (Å²) in [5, 5.41) is 0.880. The Hall–Kier alpha value is -1.25. The lowest BCUT2D eigenvalue weighted by molar-refractivity contribution is 0.631. The quantitative estimate of drug-likeness (QED) is 0.760. The monoisotopic (exact) mass is 283 g/mol. The number of benzene rings is 2. The van der Waals surface area contributed by atoms with Crippen LogP contribution in [0.4, 0.5) is 10.1 Å². The second-order valence-electron chi connectivity index (χ2n) is 4.16. The Kier molecular flexibility index (Phi) is 3.79. The fourth-order valence-electron chi connectivity index (χ4n) is 1.82. The van der Waals surface area contributed by atoms with Gasteiger partial charge in [0.2, 0.25) is 0 Å². The number of hydrogen-bond donors (Lipinski definition) is 0. The summed E-state index contributed by atoms with van der Waals surface area (Å²) in [5.74, 6) is -0.278. The van der Waals surface area contributed by atoms with Crippen LogP contribution in [-0.2, 0) is 0 Å². The second-order valence-corrected chi connectivity index (χ2v) is 4.97. The van der Waals surface area contributed by atoms with E-state index in [0.29, 0.717) is 21.2 Å². The molecule has 0 aliphatic carbocycles. The molecule has 1 nitrogen and oxygen atoms in total. The number of nitrogens with zero attached hydrogens (tertiary/aromatic N) is 1. The molecule has 4 heteroatoms. The normalized spacial score (nSPS) is 10.5. The van der Waals surface area contributed by atoms with Crippen molar-refractivity contribution in [2.24, 2.45) is 0 Å². The Morgan fingerprint density at radius 1 is 1.00 bits per heavy atom. The Balaban J connectivity index is 2.66. The summed E-state index contributed by atoms with van der Waals surface area (Å²) in [6, 6.07) is 10.1. The van der Waals surface area contributed by atoms with Gasteiger partial charge in [0.1, 0.15) is 5.82 Å². The summed E-state index contributed by atoms with van der Waals surface area (Å²) in [4.78, 5) is 1.86. The first kappa shape index (κ1) is 13.2. The van der Waals surface area contributed by atoms with Crippen LogP contribution in [0, 0.1) is 5.82 Å². The molecule has 0 saturated carbocycles. The molecule has 0 spiro atoms. The number of anilines is 1. The largest absolute Gasteiger partial charge is 0.377 e. The van der Waals surface area contributed by atoms with Gasteiger partial charge in [-0.1, -0.05) is 35.3 Å². The first-order valence-electron chi connectivity index (χ1n) is 5.42. The highest BCUT2D eigenvalue weighted by Crippen LogP contribution is 2.35. The van der Waals surface area contributed by atoms with Crippen LogP contribution in [0.3, 0.4) is 0 Å². The van der Waals surface area contributed by atoms with E-state index in [2.05, 4.69) is 0 Å². The lowest BCUT2D eigenvalue weighted by Crippen LogP contribution is -2.10. The zero-order chi connectivity index (χ0) is 13.3. The van der Waals surface area contributed by atoms with Crippen molar-refractivity contribution in [3.05, 3.63) is 52.3 Å². The first-order valence-corrected chi connectivity index (χ1v) is 6.17. The number of hydrogen-bond acceptors (Lipinski definition) is 1. The maximum absolute atomic E-state index is 14.0. The summed E-state index contributed by atoms with van der Waals surface area (Å²) in [6.07, 6.45) is 0. The maximum atomic E-state index is 14.0. The molecule has 2 rings (SSSR count). The lowest BCUT2D eigenvalue weighted by Gasteiger charge is -2.18. The predicted molar refractivity (Wildman–Crippen MR) is 76.2 cm³/mol. The highest BCUT2D eigenvalue weighted by molar-refractivity contribution is 6.42. The van der Waals surface area contributed by atoms with E-state index in [9.17, 15) is 4.39 Å². The van der Waals surface area contributed by atoms with Crippen LogP contribution < -0.4 is 4.90 Å². The van der Waals surface area contributed by atoms with Gasteiger partial charge in [0.25, 0.3) is 0 Å². The van der Waals surface area contributed by atoms with E-state index in [4.69, 9.17) is 23.2 Å². The molecular formula is C14H12Cl2FN. The van der Waals surface area contributed by atoms with E-state index in [1.165, 1.54) is 6.07 Å². The minimum Gasteiger partial charge on any atom is -0.377 e. The first-order chi connectivity index (χ1) is 8.50. The van der Waals surface area contributed by atoms with Gasteiger partial charge in [-0.25, -0.2) is 4.39 Å². The van der Waals surface area contributed by atoms with Gasteiger partial charge in [-0.15, -0.1) is 0 Å². The Morgan fingerprint density at radius 2 is 1.72 bits per heavy atom. The minimum atomic E-state index is -0.278. The fraction of sp³-hybridized carbons (Fsp3) is 0.143. The van der Waals surface area contributed by atoms with Gasteiger partial charge >= 0.3 is 0 Å². The van der Waals surface area contributed by atoms with Crippen molar-refractivity contribution in [2.75, 3.05) is 19.0 Å². The van der Waals surface area contributed by atoms with Crippen LogP contribution in [0.25, 0.3) is 11.1 Å². The third kappa shape index (κ3) is 2.45. The van der Waals surface area contributed by atoms with Crippen LogP contribution in [-0.4, -0.2) is 14.1 Å². The maximum Gasteiger partial charge on any atom is 0.133 e. The van der Waals surface area contributed by atoms with Crippen molar-refractivity contribution >= 4 is 28.9 Å². The molecule has 0 aromatic heterocycles. The molecular weight excluding hydrogens is 272 g/mol. The van der Waals surface area contributed by atoms with Gasteiger partial charge < -0.3 is 4.90 Å². The summed E-state index contributed by atoms with van der Waals surface area (Å²) in [5.41, 5.74) is 2.04. The van der Waals surface area contributed by atoms with E-state index in [1.807, 2.05) is 25.1 Å². The van der Waals surface area contributed by atoms with Crippen molar-refractivity contribution in [1.29, 1.82) is 0 Å². The number of halogens is 3. The SMILES string of the molecule is CN(C)c1cccc(F)c1-c1ccc(Cl)c(Cl)c1. The van der Waals surface area contributed by atoms with Crippen molar-refractivity contribution in [1.82, 2.24) is 0 Å². The summed E-state index contributed by atoms with van der Waals surface area (Å²) < 4.78 is 14.0. The van der Waals surface area contributed by atoms with Gasteiger partial charge in [0.15, 0.2) is 0 Å². The van der Waals surface area contributed by atoms with Gasteiger partial charge in [-0.05, 0) is 29.8 Å². The van der Waals surface area contributed by atoms with Crippen LogP contribution >= 0.6 is 23.2 Å². The molecule has 0 heterocycles. The van der Waals surface area contributed by atoms with E-state index < -0.39 is 0 Å². The smallest absolute Gasteiger partial charge is 0.133 e. The molecule has 0 bridgehead atoms. The Labute approximate surface area is 116 Å². The topological polar surface area (TPSA) is 3.24 Å². The molecule has 0 N–H and O–H groups in total. The van der Waals surface area contributed by atoms with Gasteiger partial charge in [-0.3, -0.25) is 0 Å². The standard InChI is InChI=1S/C14H12Cl2FN/c1-18(2)13-5-3-4-12(17)14(13)9-6-7-10(15)11(16)8-9/h3-8H,1-2H3. The van der Waals surface area contributed by atoms with Gasteiger partial charge in [0.05, 0.1) is 10.0 Å². The molecule has 0 unspecified atom stereocenters. The second kappa shape index (κ2) is 5.17. The van der Waals surface area contributed by atoms with E-state index in [1.54, 1.807) is 24.3 Å². The summed E-state index contributed by atoms with van der Waals surface area (Å²) >= 11 is 11.9. The average Bonchev–Trinajstić information content (AvgIpc) is 2.32. The van der Waals surface area contributed by atoms with Gasteiger partial charge in [0, 0.05) is 25.3 Å². The molecule has 2 aromatic carbocycles. The third-order valence-electron chi connectivity index (χ3n) is 2.68. The molecule has 0 aliphatic rings. The molecule has 0 radical (unpaired) electrons. The molecule has 0 aliphatic heterocycles. The van der Waals surface area contributed by atoms with Crippen molar-refractivity contribution in [2.45, 2.75) is 0 Å². The van der Waals surface area contributed by atoms with Crippen LogP contribution in [0.5, 0.6) is 0 Å². The molecule has 0 fully saturated rings. The molecule has 0 saturated heterocycles. The molecule has 94 valence electrons. The van der Waals surface area contributed by atoms with Crippen molar-refractivity contribution in [3.8, 4) is 11.1 Å². The highest BCUT2D eigenvalue weighted by Gasteiger charge is 2.13. The van der Waals surface area contributed by atoms with E-state index >= 15 is 0 Å². The summed E-state index contributed by atoms with van der Waals surface area (Å²) in [6.45, 7) is 0. The van der Waals surface area contributed by atoms with Crippen LogP contribution in [0.2, 0.25) is 10.0 Å². The average molecular weight is 284 g/mol. The fourth-order valence-corrected chi connectivity index (χ4v) is 2.12. The van der Waals surface area contributed by atoms with Crippen LogP contribution in [0.1, 0.15) is 0 Å². The van der Waals surface area contributed by atoms with Crippen molar-refractivity contribution in [3.63, 3.8) is 0 Å². The minimum absolute atomic E-state index is 0.278. The van der Waals surface area contributed by atoms with Crippen LogP contribution in [0.15, 0.2) is 36.4 Å². The number of rotatable bonds is 2. The Morgan fingerprint density at radius 3 is 2.33 bits per heavy atom. The lowest BCUT2D eigenvalue weighted by atomic mass is 10.0. The summed E-state index contributed by atoms with van der Waals surface area (Å²) in [7, 11) is 3.74. The molecule has 18 heavy (non-hydrogen) atoms. The Bertz CT molecular complexity index is 582. The zero-order valence-electron chi connectivity index (χ0n) is 10.0. The van der Waals surface area contributed by atoms with E-state index in [0.717, 1.165) is 5.69 Å². The third-order valence-corrected chi connectivity index (χ3v) is 3.42. The van der Waals surface area contributed by atoms with Crippen molar-refractivity contribution < 1.29 is 4.39 Å².